The molecule has 0 spiro atoms. The van der Waals surface area contributed by atoms with Gasteiger partial charge in [0.1, 0.15) is 5.82 Å². The van der Waals surface area contributed by atoms with Gasteiger partial charge in [-0.1, -0.05) is 13.3 Å². The lowest BCUT2D eigenvalue weighted by Crippen LogP contribution is -2.52. The van der Waals surface area contributed by atoms with Crippen LogP contribution in [0.4, 0.5) is 0 Å². The van der Waals surface area contributed by atoms with Crippen LogP contribution in [0.5, 0.6) is 0 Å². The molecule has 2 aromatic heterocycles. The van der Waals surface area contributed by atoms with Gasteiger partial charge in [-0.3, -0.25) is 9.48 Å². The molecular formula is C22H34N6O2. The quantitative estimate of drug-likeness (QED) is 0.693. The third-order valence-electron chi connectivity index (χ3n) is 6.31. The van der Waals surface area contributed by atoms with Crippen molar-refractivity contribution < 1.29 is 9.53 Å². The zero-order valence-corrected chi connectivity index (χ0v) is 18.2. The smallest absolute Gasteiger partial charge is 0.225 e. The number of piperidine rings is 1. The monoisotopic (exact) mass is 414 g/mol. The molecule has 2 fully saturated rings. The minimum atomic E-state index is -0.0877. The average molecular weight is 415 g/mol. The third-order valence-corrected chi connectivity index (χ3v) is 6.31. The van der Waals surface area contributed by atoms with Crippen molar-refractivity contribution in [2.75, 3.05) is 32.8 Å². The van der Waals surface area contributed by atoms with Crippen molar-refractivity contribution in [1.29, 1.82) is 0 Å². The molecule has 0 unspecified atom stereocenters. The SMILES string of the molecule is CCc1nccn1CCC(=O)N1CCO[C@@H](CN2CCCCC2)[C@@H]1c1cnn(C)c1. The maximum Gasteiger partial charge on any atom is 0.225 e. The zero-order valence-electron chi connectivity index (χ0n) is 18.2. The molecule has 1 amide bonds. The Labute approximate surface area is 178 Å². The van der Waals surface area contributed by atoms with Gasteiger partial charge < -0.3 is 19.1 Å². The highest BCUT2D eigenvalue weighted by atomic mass is 16.5. The highest BCUT2D eigenvalue weighted by Gasteiger charge is 2.38. The molecule has 2 atom stereocenters. The van der Waals surface area contributed by atoms with Gasteiger partial charge in [0.05, 0.1) is 24.9 Å². The summed E-state index contributed by atoms with van der Waals surface area (Å²) in [4.78, 5) is 22.2. The van der Waals surface area contributed by atoms with Crippen molar-refractivity contribution in [2.24, 2.45) is 7.05 Å². The number of imidazole rings is 1. The second-order valence-electron chi connectivity index (χ2n) is 8.39. The van der Waals surface area contributed by atoms with Crippen LogP contribution in [-0.4, -0.2) is 73.9 Å². The van der Waals surface area contributed by atoms with Crippen LogP contribution >= 0.6 is 0 Å². The number of ether oxygens (including phenoxy) is 1. The molecule has 4 heterocycles. The van der Waals surface area contributed by atoms with Gasteiger partial charge in [-0.25, -0.2) is 4.98 Å². The van der Waals surface area contributed by atoms with Crippen molar-refractivity contribution in [3.05, 3.63) is 36.2 Å². The van der Waals surface area contributed by atoms with Crippen LogP contribution in [0.2, 0.25) is 0 Å². The molecule has 0 N–H and O–H groups in total. The van der Waals surface area contributed by atoms with Gasteiger partial charge in [0.15, 0.2) is 0 Å². The summed E-state index contributed by atoms with van der Waals surface area (Å²) in [7, 11) is 1.92. The van der Waals surface area contributed by atoms with Crippen molar-refractivity contribution in [3.63, 3.8) is 0 Å². The van der Waals surface area contributed by atoms with E-state index in [0.717, 1.165) is 37.4 Å². The number of aryl methyl sites for hydroxylation is 3. The van der Waals surface area contributed by atoms with E-state index in [1.54, 1.807) is 0 Å². The van der Waals surface area contributed by atoms with Gasteiger partial charge in [-0.15, -0.1) is 0 Å². The lowest BCUT2D eigenvalue weighted by atomic mass is 9.99. The Kier molecular flexibility index (Phi) is 6.84. The predicted molar refractivity (Wildman–Crippen MR) is 114 cm³/mol. The van der Waals surface area contributed by atoms with E-state index in [0.29, 0.717) is 26.1 Å². The molecule has 0 bridgehead atoms. The van der Waals surface area contributed by atoms with Crippen LogP contribution < -0.4 is 0 Å². The average Bonchev–Trinajstić information content (AvgIpc) is 3.41. The van der Waals surface area contributed by atoms with E-state index >= 15 is 0 Å². The Morgan fingerprint density at radius 3 is 2.80 bits per heavy atom. The number of aromatic nitrogens is 4. The van der Waals surface area contributed by atoms with Crippen LogP contribution in [-0.2, 0) is 29.5 Å². The number of hydrogen-bond acceptors (Lipinski definition) is 5. The van der Waals surface area contributed by atoms with E-state index in [-0.39, 0.29) is 18.1 Å². The van der Waals surface area contributed by atoms with E-state index in [4.69, 9.17) is 4.74 Å². The van der Waals surface area contributed by atoms with E-state index in [2.05, 4.69) is 26.5 Å². The molecular weight excluding hydrogens is 380 g/mol. The number of carbonyl (C=O) groups excluding carboxylic acids is 1. The molecule has 0 aromatic carbocycles. The number of amides is 1. The Hall–Kier alpha value is -2.19. The Bertz CT molecular complexity index is 825. The van der Waals surface area contributed by atoms with Crippen LogP contribution in [0.3, 0.4) is 0 Å². The molecule has 164 valence electrons. The highest BCUT2D eigenvalue weighted by Crippen LogP contribution is 2.31. The number of rotatable bonds is 7. The molecule has 30 heavy (non-hydrogen) atoms. The molecule has 0 aliphatic carbocycles. The molecule has 2 aliphatic heterocycles. The first-order valence-electron chi connectivity index (χ1n) is 11.3. The molecule has 2 aromatic rings. The van der Waals surface area contributed by atoms with E-state index in [9.17, 15) is 4.79 Å². The lowest BCUT2D eigenvalue weighted by molar-refractivity contribution is -0.149. The molecule has 0 radical (unpaired) electrons. The fraction of sp³-hybridized carbons (Fsp3) is 0.682. The lowest BCUT2D eigenvalue weighted by Gasteiger charge is -2.43. The number of hydrogen-bond donors (Lipinski definition) is 0. The normalized spacial score (nSPS) is 23.1. The van der Waals surface area contributed by atoms with Crippen LogP contribution in [0.25, 0.3) is 0 Å². The van der Waals surface area contributed by atoms with Crippen molar-refractivity contribution >= 4 is 5.91 Å². The first-order chi connectivity index (χ1) is 14.7. The summed E-state index contributed by atoms with van der Waals surface area (Å²) < 4.78 is 10.1. The maximum absolute atomic E-state index is 13.3. The van der Waals surface area contributed by atoms with E-state index < -0.39 is 0 Å². The van der Waals surface area contributed by atoms with Crippen LogP contribution in [0, 0.1) is 0 Å². The number of carbonyl (C=O) groups is 1. The van der Waals surface area contributed by atoms with Crippen molar-refractivity contribution in [1.82, 2.24) is 29.1 Å². The summed E-state index contributed by atoms with van der Waals surface area (Å²) in [6, 6.07) is -0.0877. The van der Waals surface area contributed by atoms with Gasteiger partial charge in [0, 0.05) is 63.7 Å². The predicted octanol–water partition coefficient (Wildman–Crippen LogP) is 2.02. The van der Waals surface area contributed by atoms with Gasteiger partial charge in [-0.05, 0) is 25.9 Å². The third kappa shape index (κ3) is 4.75. The molecule has 2 aliphatic rings. The fourth-order valence-electron chi connectivity index (χ4n) is 4.77. The Balaban J connectivity index is 1.49. The Morgan fingerprint density at radius 1 is 1.23 bits per heavy atom. The molecule has 8 heteroatoms. The minimum Gasteiger partial charge on any atom is -0.373 e. The molecule has 8 nitrogen and oxygen atoms in total. The van der Waals surface area contributed by atoms with Gasteiger partial charge >= 0.3 is 0 Å². The first kappa shape index (κ1) is 21.1. The van der Waals surface area contributed by atoms with Crippen LogP contribution in [0.15, 0.2) is 24.8 Å². The largest absolute Gasteiger partial charge is 0.373 e. The van der Waals surface area contributed by atoms with Gasteiger partial charge in [-0.2, -0.15) is 5.10 Å². The van der Waals surface area contributed by atoms with Gasteiger partial charge in [0.25, 0.3) is 0 Å². The van der Waals surface area contributed by atoms with Crippen molar-refractivity contribution in [3.8, 4) is 0 Å². The summed E-state index contributed by atoms with van der Waals surface area (Å²) >= 11 is 0. The first-order valence-corrected chi connectivity index (χ1v) is 11.3. The van der Waals surface area contributed by atoms with Crippen LogP contribution in [0.1, 0.15) is 50.0 Å². The maximum atomic E-state index is 13.3. The second kappa shape index (κ2) is 9.75. The summed E-state index contributed by atoms with van der Waals surface area (Å²) in [5, 5.41) is 4.37. The topological polar surface area (TPSA) is 68.4 Å². The number of likely N-dealkylation sites (tertiary alicyclic amines) is 1. The number of nitrogens with zero attached hydrogens (tertiary/aromatic N) is 6. The van der Waals surface area contributed by atoms with Crippen molar-refractivity contribution in [2.45, 2.75) is 57.7 Å². The Morgan fingerprint density at radius 2 is 2.07 bits per heavy atom. The number of morpholine rings is 1. The van der Waals surface area contributed by atoms with Gasteiger partial charge in [0.2, 0.25) is 5.91 Å². The summed E-state index contributed by atoms with van der Waals surface area (Å²) in [6.45, 7) is 7.07. The second-order valence-corrected chi connectivity index (χ2v) is 8.39. The summed E-state index contributed by atoms with van der Waals surface area (Å²) in [5.41, 5.74) is 1.06. The fourth-order valence-corrected chi connectivity index (χ4v) is 4.77. The zero-order chi connectivity index (χ0) is 20.9. The molecule has 4 rings (SSSR count). The van der Waals surface area contributed by atoms with E-state index in [1.807, 2.05) is 41.4 Å². The summed E-state index contributed by atoms with van der Waals surface area (Å²) in [5.74, 6) is 1.20. The minimum absolute atomic E-state index is 0.0237. The highest BCUT2D eigenvalue weighted by molar-refractivity contribution is 5.77. The molecule has 2 saturated heterocycles. The van der Waals surface area contributed by atoms with E-state index in [1.165, 1.54) is 19.3 Å². The molecule has 0 saturated carbocycles. The summed E-state index contributed by atoms with van der Waals surface area (Å²) in [6.07, 6.45) is 12.8. The standard InChI is InChI=1S/C22H34N6O2/c1-3-20-23-8-12-27(20)11-7-21(29)28-13-14-30-19(17-26-9-5-4-6-10-26)22(28)18-15-24-25(2)16-18/h8,12,15-16,19,22H,3-7,9-11,13-14,17H2,1-2H3/t19-,22-/m0/s1.